The molecule has 0 aromatic rings. The lowest BCUT2D eigenvalue weighted by molar-refractivity contribution is -0.174. The van der Waals surface area contributed by atoms with E-state index >= 15 is 0 Å². The predicted octanol–water partition coefficient (Wildman–Crippen LogP) is 2.00. The highest BCUT2D eigenvalue weighted by molar-refractivity contribution is 5.68. The van der Waals surface area contributed by atoms with Gasteiger partial charge in [-0.25, -0.2) is 4.79 Å². The standard InChI is InChI=1S/C11H19F3N2O2/c1-10(2,3)18-9(17)15-8-6-16(4)5-7(8)11(12,13)14/h7-8H,5-6H2,1-4H3,(H,15,17)/t7-,8-/m1/s1. The predicted molar refractivity (Wildman–Crippen MR) is 60.2 cm³/mol. The van der Waals surface area contributed by atoms with Crippen LogP contribution in [0.2, 0.25) is 0 Å². The van der Waals surface area contributed by atoms with E-state index in [1.165, 1.54) is 0 Å². The Labute approximate surface area is 104 Å². The number of alkyl carbamates (subject to hydrolysis) is 1. The molecule has 0 aromatic carbocycles. The lowest BCUT2D eigenvalue weighted by Crippen LogP contribution is -2.47. The summed E-state index contributed by atoms with van der Waals surface area (Å²) in [5.74, 6) is -1.55. The van der Waals surface area contributed by atoms with Gasteiger partial charge in [0, 0.05) is 13.1 Å². The fraction of sp³-hybridized carbons (Fsp3) is 0.909. The van der Waals surface area contributed by atoms with Crippen molar-refractivity contribution < 1.29 is 22.7 Å². The molecule has 0 bridgehead atoms. The Kier molecular flexibility index (Phi) is 4.15. The van der Waals surface area contributed by atoms with Crippen LogP contribution in [0, 0.1) is 5.92 Å². The maximum Gasteiger partial charge on any atom is 0.407 e. The van der Waals surface area contributed by atoms with E-state index in [1.54, 1.807) is 32.7 Å². The summed E-state index contributed by atoms with van der Waals surface area (Å²) in [4.78, 5) is 13.0. The molecule has 1 N–H and O–H groups in total. The molecular formula is C11H19F3N2O2. The summed E-state index contributed by atoms with van der Waals surface area (Å²) < 4.78 is 43.2. The van der Waals surface area contributed by atoms with Crippen LogP contribution in [-0.2, 0) is 4.74 Å². The first-order valence-electron chi connectivity index (χ1n) is 5.74. The number of alkyl halides is 3. The molecule has 1 heterocycles. The number of amides is 1. The average molecular weight is 268 g/mol. The average Bonchev–Trinajstić information content (AvgIpc) is 2.41. The SMILES string of the molecule is CN1C[C@@H](C(F)(F)F)[C@H](NC(=O)OC(C)(C)C)C1. The van der Waals surface area contributed by atoms with E-state index in [0.29, 0.717) is 0 Å². The molecule has 1 fully saturated rings. The van der Waals surface area contributed by atoms with E-state index in [1.807, 2.05) is 0 Å². The second-order valence-electron chi connectivity index (χ2n) is 5.62. The molecule has 1 aliphatic rings. The van der Waals surface area contributed by atoms with Crippen molar-refractivity contribution in [3.8, 4) is 0 Å². The van der Waals surface area contributed by atoms with Gasteiger partial charge in [0.05, 0.1) is 12.0 Å². The Morgan fingerprint density at radius 3 is 2.28 bits per heavy atom. The van der Waals surface area contributed by atoms with E-state index in [-0.39, 0.29) is 13.1 Å². The van der Waals surface area contributed by atoms with Crippen LogP contribution in [0.25, 0.3) is 0 Å². The van der Waals surface area contributed by atoms with Crippen molar-refractivity contribution in [2.75, 3.05) is 20.1 Å². The van der Waals surface area contributed by atoms with Gasteiger partial charge in [-0.1, -0.05) is 0 Å². The summed E-state index contributed by atoms with van der Waals surface area (Å²) in [6.07, 6.45) is -5.12. The molecule has 4 nitrogen and oxygen atoms in total. The molecule has 0 spiro atoms. The Morgan fingerprint density at radius 1 is 1.28 bits per heavy atom. The van der Waals surface area contributed by atoms with Crippen molar-refractivity contribution in [1.82, 2.24) is 10.2 Å². The van der Waals surface area contributed by atoms with Crippen molar-refractivity contribution in [3.63, 3.8) is 0 Å². The fourth-order valence-electron chi connectivity index (χ4n) is 1.94. The second-order valence-corrected chi connectivity index (χ2v) is 5.62. The monoisotopic (exact) mass is 268 g/mol. The Balaban J connectivity index is 2.62. The number of likely N-dealkylation sites (tertiary alicyclic amines) is 1. The first-order valence-corrected chi connectivity index (χ1v) is 5.74. The normalized spacial score (nSPS) is 26.2. The minimum Gasteiger partial charge on any atom is -0.444 e. The van der Waals surface area contributed by atoms with Crippen LogP contribution >= 0.6 is 0 Å². The van der Waals surface area contributed by atoms with Crippen molar-refractivity contribution in [3.05, 3.63) is 0 Å². The Hall–Kier alpha value is -0.980. The summed E-state index contributed by atoms with van der Waals surface area (Å²) in [6.45, 7) is 5.05. The Bertz CT molecular complexity index is 312. The highest BCUT2D eigenvalue weighted by atomic mass is 19.4. The van der Waals surface area contributed by atoms with Gasteiger partial charge in [0.1, 0.15) is 5.60 Å². The van der Waals surface area contributed by atoms with E-state index in [9.17, 15) is 18.0 Å². The number of likely N-dealkylation sites (N-methyl/N-ethyl adjacent to an activating group) is 1. The number of carbonyl (C=O) groups excluding carboxylic acids is 1. The molecule has 1 rings (SSSR count). The first-order chi connectivity index (χ1) is 7.99. The maximum atomic E-state index is 12.8. The summed E-state index contributed by atoms with van der Waals surface area (Å²) in [7, 11) is 1.59. The topological polar surface area (TPSA) is 41.6 Å². The van der Waals surface area contributed by atoms with Gasteiger partial charge in [0.2, 0.25) is 0 Å². The lowest BCUT2D eigenvalue weighted by atomic mass is 10.0. The highest BCUT2D eigenvalue weighted by Crippen LogP contribution is 2.33. The minimum absolute atomic E-state index is 0.107. The molecular weight excluding hydrogens is 249 g/mol. The number of nitrogens with one attached hydrogen (secondary N) is 1. The zero-order chi connectivity index (χ0) is 14.1. The summed E-state index contributed by atoms with van der Waals surface area (Å²) in [5.41, 5.74) is -0.720. The van der Waals surface area contributed by atoms with Gasteiger partial charge in [-0.15, -0.1) is 0 Å². The van der Waals surface area contributed by atoms with Crippen LogP contribution in [0.3, 0.4) is 0 Å². The summed E-state index contributed by atoms with van der Waals surface area (Å²) in [6, 6.07) is -0.954. The molecule has 2 atom stereocenters. The van der Waals surface area contributed by atoms with Crippen LogP contribution in [0.15, 0.2) is 0 Å². The largest absolute Gasteiger partial charge is 0.444 e. The van der Waals surface area contributed by atoms with Gasteiger partial charge in [-0.3, -0.25) is 0 Å². The number of ether oxygens (including phenoxy) is 1. The molecule has 0 radical (unpaired) electrons. The third kappa shape index (κ3) is 4.36. The van der Waals surface area contributed by atoms with Crippen molar-refractivity contribution in [2.24, 2.45) is 5.92 Å². The van der Waals surface area contributed by atoms with Gasteiger partial charge < -0.3 is 15.0 Å². The second kappa shape index (κ2) is 4.95. The highest BCUT2D eigenvalue weighted by Gasteiger charge is 2.49. The number of hydrogen-bond donors (Lipinski definition) is 1. The first kappa shape index (κ1) is 15.1. The van der Waals surface area contributed by atoms with Gasteiger partial charge in [-0.2, -0.15) is 13.2 Å². The van der Waals surface area contributed by atoms with Gasteiger partial charge >= 0.3 is 12.3 Å². The van der Waals surface area contributed by atoms with E-state index < -0.39 is 29.8 Å². The fourth-order valence-corrected chi connectivity index (χ4v) is 1.94. The van der Waals surface area contributed by atoms with Crippen molar-refractivity contribution in [2.45, 2.75) is 38.6 Å². The van der Waals surface area contributed by atoms with Crippen LogP contribution in [-0.4, -0.2) is 48.9 Å². The van der Waals surface area contributed by atoms with E-state index in [0.717, 1.165) is 0 Å². The molecule has 0 unspecified atom stereocenters. The third-order valence-corrected chi connectivity index (χ3v) is 2.63. The third-order valence-electron chi connectivity index (χ3n) is 2.63. The van der Waals surface area contributed by atoms with E-state index in [2.05, 4.69) is 5.32 Å². The number of carbonyl (C=O) groups is 1. The van der Waals surface area contributed by atoms with Gasteiger partial charge in [-0.05, 0) is 27.8 Å². The molecule has 106 valence electrons. The Morgan fingerprint density at radius 2 is 1.83 bits per heavy atom. The van der Waals surface area contributed by atoms with Crippen molar-refractivity contribution in [1.29, 1.82) is 0 Å². The molecule has 1 aliphatic heterocycles. The van der Waals surface area contributed by atoms with Gasteiger partial charge in [0.15, 0.2) is 0 Å². The van der Waals surface area contributed by atoms with Crippen molar-refractivity contribution >= 4 is 6.09 Å². The molecule has 0 saturated carbocycles. The van der Waals surface area contributed by atoms with E-state index in [4.69, 9.17) is 4.74 Å². The summed E-state index contributed by atoms with van der Waals surface area (Å²) in [5, 5.41) is 2.30. The van der Waals surface area contributed by atoms with Crippen LogP contribution in [0.5, 0.6) is 0 Å². The van der Waals surface area contributed by atoms with Crippen LogP contribution < -0.4 is 5.32 Å². The zero-order valence-electron chi connectivity index (χ0n) is 11.0. The number of halogens is 3. The van der Waals surface area contributed by atoms with Crippen LogP contribution in [0.1, 0.15) is 20.8 Å². The zero-order valence-corrected chi connectivity index (χ0v) is 11.0. The number of rotatable bonds is 1. The lowest BCUT2D eigenvalue weighted by Gasteiger charge is -2.25. The summed E-state index contributed by atoms with van der Waals surface area (Å²) >= 11 is 0. The molecule has 1 amide bonds. The molecule has 0 aliphatic carbocycles. The van der Waals surface area contributed by atoms with Crippen LogP contribution in [0.4, 0.5) is 18.0 Å². The maximum absolute atomic E-state index is 12.8. The van der Waals surface area contributed by atoms with Gasteiger partial charge in [0.25, 0.3) is 0 Å². The quantitative estimate of drug-likeness (QED) is 0.791. The number of hydrogen-bond acceptors (Lipinski definition) is 3. The molecule has 0 aromatic heterocycles. The number of nitrogens with zero attached hydrogens (tertiary/aromatic N) is 1. The molecule has 7 heteroatoms. The smallest absolute Gasteiger partial charge is 0.407 e. The minimum atomic E-state index is -4.32. The molecule has 1 saturated heterocycles. The molecule has 18 heavy (non-hydrogen) atoms.